The van der Waals surface area contributed by atoms with Gasteiger partial charge in [-0.3, -0.25) is 0 Å². The van der Waals surface area contributed by atoms with Crippen LogP contribution in [0.4, 0.5) is 8.78 Å². The predicted molar refractivity (Wildman–Crippen MR) is 52.0 cm³/mol. The van der Waals surface area contributed by atoms with Crippen molar-refractivity contribution >= 4 is 0 Å². The van der Waals surface area contributed by atoms with Gasteiger partial charge in [-0.2, -0.15) is 23.8 Å². The Morgan fingerprint density at radius 2 is 1.80 bits per heavy atom. The maximum absolute atomic E-state index is 11.9. The molecule has 0 atom stereocenters. The molecule has 0 N–H and O–H groups in total. The number of benzene rings is 1. The van der Waals surface area contributed by atoms with E-state index in [-0.39, 0.29) is 21.7 Å². The molecule has 0 saturated heterocycles. The molecule has 0 aliphatic carbocycles. The van der Waals surface area contributed by atoms with E-state index in [0.29, 0.717) is 0 Å². The largest absolute Gasteiger partial charge is 2.00 e. The fourth-order valence-corrected chi connectivity index (χ4v) is 0.882. The van der Waals surface area contributed by atoms with Crippen LogP contribution in [0.5, 0.6) is 0 Å². The van der Waals surface area contributed by atoms with Gasteiger partial charge >= 0.3 is 21.7 Å². The Labute approximate surface area is 103 Å². The van der Waals surface area contributed by atoms with Crippen molar-refractivity contribution in [3.8, 4) is 0 Å². The van der Waals surface area contributed by atoms with Gasteiger partial charge in [-0.15, -0.1) is 18.2 Å². The van der Waals surface area contributed by atoms with E-state index in [1.54, 1.807) is 0 Å². The molecule has 0 amide bonds. The van der Waals surface area contributed by atoms with Crippen LogP contribution in [0.2, 0.25) is 0 Å². The van der Waals surface area contributed by atoms with Gasteiger partial charge < -0.3 is 0 Å². The second kappa shape index (κ2) is 7.44. The summed E-state index contributed by atoms with van der Waals surface area (Å²) in [6.07, 6.45) is 0. The van der Waals surface area contributed by atoms with Gasteiger partial charge in [0.25, 0.3) is 0 Å². The van der Waals surface area contributed by atoms with Crippen LogP contribution in [-0.4, -0.2) is 0 Å². The molecular formula is C12H10F2Ti. The van der Waals surface area contributed by atoms with E-state index in [1.807, 2.05) is 12.1 Å². The molecule has 0 heterocycles. The van der Waals surface area contributed by atoms with Gasteiger partial charge in [-0.25, -0.2) is 20.9 Å². The molecular weight excluding hydrogens is 230 g/mol. The molecule has 0 unspecified atom stereocenters. The number of hydrogen-bond acceptors (Lipinski definition) is 0. The minimum Gasteiger partial charge on any atom is -0.236 e. The third-order valence-corrected chi connectivity index (χ3v) is 1.56. The molecule has 0 saturated carbocycles. The molecule has 0 aromatic heterocycles. The summed E-state index contributed by atoms with van der Waals surface area (Å²) in [5.74, 6) is -1.23. The maximum atomic E-state index is 11.9. The molecule has 0 nitrogen and oxygen atoms in total. The number of aryl methyl sites for hydroxylation is 1. The van der Waals surface area contributed by atoms with Gasteiger partial charge in [-0.1, -0.05) is 6.92 Å². The van der Waals surface area contributed by atoms with Crippen LogP contribution in [0.25, 0.3) is 0 Å². The monoisotopic (exact) mass is 240 g/mol. The molecule has 76 valence electrons. The first-order valence-corrected chi connectivity index (χ1v) is 4.19. The Morgan fingerprint density at radius 3 is 2.07 bits per heavy atom. The zero-order valence-electron chi connectivity index (χ0n) is 8.30. The van der Waals surface area contributed by atoms with Gasteiger partial charge in [0.2, 0.25) is 0 Å². The summed E-state index contributed by atoms with van der Waals surface area (Å²) in [5, 5.41) is 0. The zero-order chi connectivity index (χ0) is 10.4. The molecule has 3 heteroatoms. The van der Waals surface area contributed by atoms with Crippen LogP contribution in [0.15, 0.2) is 42.5 Å². The fourth-order valence-electron chi connectivity index (χ4n) is 0.882. The Hall–Kier alpha value is -0.856. The van der Waals surface area contributed by atoms with Crippen LogP contribution < -0.4 is 0 Å². The molecule has 2 rings (SSSR count). The third-order valence-electron chi connectivity index (χ3n) is 1.56. The SMILES string of the molecule is C[c-]1cccc1.Fc1[c-]ccc(F)c1.[Ti+2]. The van der Waals surface area contributed by atoms with Gasteiger partial charge in [0.15, 0.2) is 0 Å². The van der Waals surface area contributed by atoms with Crippen LogP contribution in [-0.2, 0) is 21.7 Å². The Balaban J connectivity index is 0.000000253. The van der Waals surface area contributed by atoms with Crippen molar-refractivity contribution in [1.29, 1.82) is 0 Å². The molecule has 0 radical (unpaired) electrons. The van der Waals surface area contributed by atoms with Gasteiger partial charge in [-0.05, 0) is 0 Å². The normalized spacial score (nSPS) is 8.47. The van der Waals surface area contributed by atoms with Crippen molar-refractivity contribution in [2.45, 2.75) is 6.92 Å². The van der Waals surface area contributed by atoms with Crippen LogP contribution >= 0.6 is 0 Å². The van der Waals surface area contributed by atoms with Crippen molar-refractivity contribution in [2.24, 2.45) is 0 Å². The maximum Gasteiger partial charge on any atom is 2.00 e. The molecule has 0 fully saturated rings. The standard InChI is InChI=1S/C6H3F2.C6H7.Ti/c7-5-2-1-3-6(8)4-5;1-6-4-2-3-5-6;/h1-2,4H;2-5H,1H3;/q2*-1;+2. The van der Waals surface area contributed by atoms with E-state index >= 15 is 0 Å². The van der Waals surface area contributed by atoms with E-state index in [0.717, 1.165) is 12.1 Å². The average molecular weight is 240 g/mol. The number of hydrogen-bond donors (Lipinski definition) is 0. The van der Waals surface area contributed by atoms with Crippen molar-refractivity contribution in [3.63, 3.8) is 0 Å². The summed E-state index contributed by atoms with van der Waals surface area (Å²) in [6.45, 7) is 2.08. The minimum absolute atomic E-state index is 0. The molecule has 0 aliphatic heterocycles. The molecule has 0 spiro atoms. The molecule has 0 bridgehead atoms. The Bertz CT molecular complexity index is 352. The zero-order valence-corrected chi connectivity index (χ0v) is 9.86. The third kappa shape index (κ3) is 6.26. The smallest absolute Gasteiger partial charge is 0.236 e. The predicted octanol–water partition coefficient (Wildman–Crippen LogP) is 3.48. The van der Waals surface area contributed by atoms with Crippen LogP contribution in [0, 0.1) is 24.6 Å². The Kier molecular flexibility index (Phi) is 7.01. The van der Waals surface area contributed by atoms with Crippen molar-refractivity contribution in [2.75, 3.05) is 0 Å². The summed E-state index contributed by atoms with van der Waals surface area (Å²) < 4.78 is 23.8. The first-order chi connectivity index (χ1) is 6.68. The fraction of sp³-hybridized carbons (Fsp3) is 0.0833. The molecule has 2 aromatic carbocycles. The first-order valence-electron chi connectivity index (χ1n) is 4.19. The summed E-state index contributed by atoms with van der Waals surface area (Å²) in [5.41, 5.74) is 1.34. The van der Waals surface area contributed by atoms with Gasteiger partial charge in [0.05, 0.1) is 0 Å². The van der Waals surface area contributed by atoms with Gasteiger partial charge in [0, 0.05) is 11.6 Å². The summed E-state index contributed by atoms with van der Waals surface area (Å²) >= 11 is 0. The summed E-state index contributed by atoms with van der Waals surface area (Å²) in [4.78, 5) is 0. The van der Waals surface area contributed by atoms with E-state index in [2.05, 4.69) is 25.1 Å². The van der Waals surface area contributed by atoms with Crippen LogP contribution in [0.3, 0.4) is 0 Å². The molecule has 15 heavy (non-hydrogen) atoms. The number of halogens is 2. The van der Waals surface area contributed by atoms with Crippen LogP contribution in [0.1, 0.15) is 5.56 Å². The second-order valence-electron chi connectivity index (χ2n) is 2.82. The minimum atomic E-state index is -0.662. The van der Waals surface area contributed by atoms with Gasteiger partial charge in [0.1, 0.15) is 0 Å². The van der Waals surface area contributed by atoms with E-state index in [1.165, 1.54) is 11.6 Å². The van der Waals surface area contributed by atoms with Crippen molar-refractivity contribution < 1.29 is 30.5 Å². The van der Waals surface area contributed by atoms with E-state index < -0.39 is 11.6 Å². The summed E-state index contributed by atoms with van der Waals surface area (Å²) in [7, 11) is 0. The van der Waals surface area contributed by atoms with Crippen molar-refractivity contribution in [3.05, 3.63) is 65.7 Å². The summed E-state index contributed by atoms with van der Waals surface area (Å²) in [6, 6.07) is 13.5. The first kappa shape index (κ1) is 14.1. The van der Waals surface area contributed by atoms with E-state index in [9.17, 15) is 8.78 Å². The topological polar surface area (TPSA) is 0 Å². The quantitative estimate of drug-likeness (QED) is 0.488. The number of rotatable bonds is 0. The molecule has 0 aliphatic rings. The van der Waals surface area contributed by atoms with Crippen molar-refractivity contribution in [1.82, 2.24) is 0 Å². The average Bonchev–Trinajstić information content (AvgIpc) is 2.56. The molecule has 2 aromatic rings. The second-order valence-corrected chi connectivity index (χ2v) is 2.82. The Morgan fingerprint density at radius 1 is 1.20 bits per heavy atom. The van der Waals surface area contributed by atoms with E-state index in [4.69, 9.17) is 0 Å².